The van der Waals surface area contributed by atoms with E-state index in [1.165, 1.54) is 12.1 Å². The molecule has 0 fully saturated rings. The normalized spacial score (nSPS) is 16.9. The molecule has 21 heavy (non-hydrogen) atoms. The maximum atomic E-state index is 12.8. The molecule has 2 aromatic carbocycles. The van der Waals surface area contributed by atoms with Crippen LogP contribution in [-0.4, -0.2) is 11.5 Å². The largest absolute Gasteiger partial charge is 0.368 e. The van der Waals surface area contributed by atoms with Gasteiger partial charge in [0.2, 0.25) is 0 Å². The molecule has 5 nitrogen and oxygen atoms in total. The molecular formula is C14H16O5P2. The zero-order chi connectivity index (χ0) is 15.3. The molecule has 2 unspecified atom stereocenters. The summed E-state index contributed by atoms with van der Waals surface area (Å²) in [5.41, 5.74) is 0. The van der Waals surface area contributed by atoms with E-state index < -0.39 is 15.2 Å². The van der Waals surface area contributed by atoms with Gasteiger partial charge in [-0.2, -0.15) is 0 Å². The average Bonchev–Trinajstić information content (AvgIpc) is 2.49. The van der Waals surface area contributed by atoms with Gasteiger partial charge in [0.15, 0.2) is 0 Å². The first-order chi connectivity index (χ1) is 9.98. The van der Waals surface area contributed by atoms with Crippen LogP contribution in [0, 0.1) is 0 Å². The van der Waals surface area contributed by atoms with E-state index in [9.17, 15) is 14.0 Å². The van der Waals surface area contributed by atoms with Crippen molar-refractivity contribution in [1.29, 1.82) is 0 Å². The molecule has 0 bridgehead atoms. The highest BCUT2D eigenvalue weighted by molar-refractivity contribution is 7.74. The molecule has 1 N–H and O–H groups in total. The van der Waals surface area contributed by atoms with Crippen molar-refractivity contribution in [3.05, 3.63) is 60.7 Å². The van der Waals surface area contributed by atoms with Crippen molar-refractivity contribution < 1.29 is 22.9 Å². The van der Waals surface area contributed by atoms with E-state index in [1.54, 1.807) is 55.5 Å². The Balaban J connectivity index is 2.37. The second-order valence-electron chi connectivity index (χ2n) is 4.19. The van der Waals surface area contributed by atoms with Crippen LogP contribution in [0.2, 0.25) is 0 Å². The first-order valence-electron chi connectivity index (χ1n) is 6.38. The van der Waals surface area contributed by atoms with E-state index in [-0.39, 0.29) is 17.2 Å². The lowest BCUT2D eigenvalue weighted by molar-refractivity contribution is 0.277. The molecular weight excluding hydrogens is 310 g/mol. The first kappa shape index (κ1) is 16.2. The van der Waals surface area contributed by atoms with Gasteiger partial charge in [-0.3, -0.25) is 9.13 Å². The van der Waals surface area contributed by atoms with Crippen LogP contribution >= 0.6 is 15.2 Å². The Hall–Kier alpha value is -1.22. The van der Waals surface area contributed by atoms with Crippen molar-refractivity contribution >= 4 is 25.8 Å². The van der Waals surface area contributed by atoms with E-state index >= 15 is 0 Å². The third kappa shape index (κ3) is 3.91. The van der Waals surface area contributed by atoms with Crippen molar-refractivity contribution in [2.24, 2.45) is 0 Å². The lowest BCUT2D eigenvalue weighted by Gasteiger charge is -2.21. The summed E-state index contributed by atoms with van der Waals surface area (Å²) in [4.78, 5) is 10.1. The predicted molar refractivity (Wildman–Crippen MR) is 82.3 cm³/mol. The molecule has 7 heteroatoms. The van der Waals surface area contributed by atoms with Gasteiger partial charge in [-0.15, -0.1) is 0 Å². The summed E-state index contributed by atoms with van der Waals surface area (Å²) in [5.74, 6) is 0. The Morgan fingerprint density at radius 3 is 1.86 bits per heavy atom. The molecule has 2 rings (SSSR count). The molecule has 0 amide bonds. The van der Waals surface area contributed by atoms with Gasteiger partial charge < -0.3 is 9.42 Å². The van der Waals surface area contributed by atoms with Crippen molar-refractivity contribution in [3.63, 3.8) is 0 Å². The van der Waals surface area contributed by atoms with Gasteiger partial charge in [0.1, 0.15) is 0 Å². The van der Waals surface area contributed by atoms with Gasteiger partial charge in [0.05, 0.1) is 17.2 Å². The van der Waals surface area contributed by atoms with E-state index in [2.05, 4.69) is 0 Å². The molecule has 0 aromatic heterocycles. The van der Waals surface area contributed by atoms with Crippen LogP contribution in [0.1, 0.15) is 6.92 Å². The Morgan fingerprint density at radius 2 is 1.38 bits per heavy atom. The zero-order valence-corrected chi connectivity index (χ0v) is 13.2. The molecule has 0 saturated carbocycles. The number of hydrogen-bond acceptors (Lipinski definition) is 4. The lowest BCUT2D eigenvalue weighted by atomic mass is 10.4. The molecule has 2 atom stereocenters. The number of rotatable bonds is 6. The fourth-order valence-electron chi connectivity index (χ4n) is 1.73. The summed E-state index contributed by atoms with van der Waals surface area (Å²) in [6.07, 6.45) is 0. The van der Waals surface area contributed by atoms with Crippen LogP contribution in [0.15, 0.2) is 60.7 Å². The van der Waals surface area contributed by atoms with Gasteiger partial charge in [-0.25, -0.2) is 4.31 Å². The van der Waals surface area contributed by atoms with E-state index in [1.807, 2.05) is 0 Å². The molecule has 0 aliphatic carbocycles. The van der Waals surface area contributed by atoms with Crippen LogP contribution in [0.3, 0.4) is 0 Å². The van der Waals surface area contributed by atoms with Crippen LogP contribution in [0.4, 0.5) is 0 Å². The third-order valence-electron chi connectivity index (χ3n) is 2.67. The number of hydrogen-bond donors (Lipinski definition) is 1. The summed E-state index contributed by atoms with van der Waals surface area (Å²) in [5, 5.41) is 0.318. The summed E-state index contributed by atoms with van der Waals surface area (Å²) < 4.78 is 35.4. The average molecular weight is 326 g/mol. The summed E-state index contributed by atoms with van der Waals surface area (Å²) in [7, 11) is -8.12. The highest BCUT2D eigenvalue weighted by Gasteiger charge is 2.37. The first-order valence-corrected chi connectivity index (χ1v) is 9.50. The van der Waals surface area contributed by atoms with Gasteiger partial charge in [-0.05, 0) is 31.2 Å². The minimum atomic E-state index is -4.25. The smallest absolute Gasteiger partial charge is 0.321 e. The van der Waals surface area contributed by atoms with Crippen LogP contribution < -0.4 is 10.6 Å². The van der Waals surface area contributed by atoms with E-state index in [0.29, 0.717) is 0 Å². The van der Waals surface area contributed by atoms with Crippen molar-refractivity contribution in [1.82, 2.24) is 0 Å². The minimum Gasteiger partial charge on any atom is -0.321 e. The zero-order valence-electron chi connectivity index (χ0n) is 11.5. The summed E-state index contributed by atoms with van der Waals surface area (Å²) in [6.45, 7) is 1.74. The fourth-order valence-corrected chi connectivity index (χ4v) is 5.42. The van der Waals surface area contributed by atoms with Crippen LogP contribution in [0.25, 0.3) is 0 Å². The molecule has 0 aliphatic heterocycles. The molecule has 112 valence electrons. The molecule has 0 aliphatic rings. The van der Waals surface area contributed by atoms with Crippen molar-refractivity contribution in [2.75, 3.05) is 6.61 Å². The Bertz CT molecular complexity index is 672. The van der Waals surface area contributed by atoms with Crippen LogP contribution in [-0.2, 0) is 18.0 Å². The van der Waals surface area contributed by atoms with E-state index in [0.717, 1.165) is 0 Å². The Kier molecular flexibility index (Phi) is 5.15. The maximum absolute atomic E-state index is 12.8. The van der Waals surface area contributed by atoms with Crippen LogP contribution in [0.5, 0.6) is 0 Å². The van der Waals surface area contributed by atoms with Gasteiger partial charge >= 0.3 is 15.2 Å². The number of benzene rings is 2. The van der Waals surface area contributed by atoms with Crippen molar-refractivity contribution in [3.8, 4) is 0 Å². The maximum Gasteiger partial charge on any atom is 0.368 e. The lowest BCUT2D eigenvalue weighted by Crippen LogP contribution is -2.13. The standard InChI is InChI=1S/C14H16O5P2/c1-2-18-21(17,14-11-7-4-8-12-14)19-20(15,16)13-9-5-3-6-10-13/h3-12H,2H2,1H3,(H,15,16). The highest BCUT2D eigenvalue weighted by atomic mass is 31.3. The molecule has 0 radical (unpaired) electrons. The highest BCUT2D eigenvalue weighted by Crippen LogP contribution is 2.60. The van der Waals surface area contributed by atoms with E-state index in [4.69, 9.17) is 8.83 Å². The molecule has 2 aromatic rings. The van der Waals surface area contributed by atoms with Gasteiger partial charge in [-0.1, -0.05) is 36.4 Å². The second-order valence-corrected chi connectivity index (χ2v) is 8.17. The third-order valence-corrected chi connectivity index (χ3v) is 6.90. The van der Waals surface area contributed by atoms with Crippen molar-refractivity contribution in [2.45, 2.75) is 6.92 Å². The molecule has 0 saturated heterocycles. The summed E-state index contributed by atoms with van der Waals surface area (Å²) in [6, 6.07) is 16.0. The minimum absolute atomic E-state index is 0.0702. The summed E-state index contributed by atoms with van der Waals surface area (Å²) >= 11 is 0. The Labute approximate surface area is 123 Å². The quantitative estimate of drug-likeness (QED) is 0.826. The topological polar surface area (TPSA) is 72.8 Å². The molecule has 0 heterocycles. The predicted octanol–water partition coefficient (Wildman–Crippen LogP) is 3.07. The fraction of sp³-hybridized carbons (Fsp3) is 0.143. The van der Waals surface area contributed by atoms with Gasteiger partial charge in [0, 0.05) is 0 Å². The Morgan fingerprint density at radius 1 is 0.905 bits per heavy atom. The SMILES string of the molecule is CCOP(=O)(OP(=O)(O)c1ccccc1)c1ccccc1. The second kappa shape index (κ2) is 6.69. The molecule has 0 spiro atoms. The van der Waals surface area contributed by atoms with Gasteiger partial charge in [0.25, 0.3) is 0 Å². The monoisotopic (exact) mass is 326 g/mol.